The van der Waals surface area contributed by atoms with Gasteiger partial charge in [-0.05, 0) is 50.5 Å². The second kappa shape index (κ2) is 7.66. The van der Waals surface area contributed by atoms with Crippen molar-refractivity contribution in [2.75, 3.05) is 31.9 Å². The Bertz CT molecular complexity index is 1050. The van der Waals surface area contributed by atoms with Crippen molar-refractivity contribution in [3.05, 3.63) is 59.1 Å². The Hall–Kier alpha value is -2.62. The Kier molecular flexibility index (Phi) is 5.57. The molecular weight excluding hydrogens is 416 g/mol. The summed E-state index contributed by atoms with van der Waals surface area (Å²) in [4.78, 5) is 27.6. The monoisotopic (exact) mass is 436 g/mol. The first-order chi connectivity index (χ1) is 13.6. The number of nitrogens with zero attached hydrogens (tertiary/aromatic N) is 2. The number of carbonyl (C=O) groups is 2. The molecule has 0 radical (unpaired) electrons. The van der Waals surface area contributed by atoms with Gasteiger partial charge in [-0.2, -0.15) is 0 Å². The van der Waals surface area contributed by atoms with E-state index in [1.165, 1.54) is 29.2 Å². The summed E-state index contributed by atoms with van der Waals surface area (Å²) in [5, 5.41) is 0.277. The van der Waals surface area contributed by atoms with Crippen molar-refractivity contribution < 1.29 is 18.0 Å². The molecule has 0 saturated carbocycles. The molecule has 1 aliphatic rings. The number of sulfonamides is 1. The molecule has 3 rings (SSSR count). The maximum Gasteiger partial charge on any atom is 0.261 e. The maximum atomic E-state index is 12.6. The Labute approximate surface area is 174 Å². The fraction of sp³-hybridized carbons (Fsp3) is 0.263. The third-order valence-electron chi connectivity index (χ3n) is 5.04. The zero-order chi connectivity index (χ0) is 21.4. The van der Waals surface area contributed by atoms with Gasteiger partial charge >= 0.3 is 0 Å². The largest absolute Gasteiger partial charge is 0.368 e. The van der Waals surface area contributed by atoms with Gasteiger partial charge in [0.1, 0.15) is 5.54 Å². The number of likely N-dealkylation sites (N-methyl/N-ethyl adjacent to an activating group) is 1. The summed E-state index contributed by atoms with van der Waals surface area (Å²) in [6, 6.07) is 12.1. The van der Waals surface area contributed by atoms with Crippen molar-refractivity contribution in [3.63, 3.8) is 0 Å². The highest BCUT2D eigenvalue weighted by Crippen LogP contribution is 2.28. The van der Waals surface area contributed by atoms with Crippen LogP contribution in [-0.2, 0) is 14.8 Å². The Balaban J connectivity index is 1.73. The van der Waals surface area contributed by atoms with Gasteiger partial charge in [0.15, 0.2) is 0 Å². The number of rotatable bonds is 6. The van der Waals surface area contributed by atoms with Gasteiger partial charge in [0, 0.05) is 5.56 Å². The van der Waals surface area contributed by atoms with Crippen LogP contribution in [0, 0.1) is 0 Å². The summed E-state index contributed by atoms with van der Waals surface area (Å²) < 4.78 is 27.5. The second-order valence-electron chi connectivity index (χ2n) is 7.06. The van der Waals surface area contributed by atoms with Gasteiger partial charge in [0.2, 0.25) is 5.91 Å². The molecular formula is C19H21ClN4O4S. The van der Waals surface area contributed by atoms with Crippen molar-refractivity contribution in [1.29, 1.82) is 0 Å². The molecule has 8 nitrogen and oxygen atoms in total. The van der Waals surface area contributed by atoms with E-state index < -0.39 is 21.5 Å². The zero-order valence-corrected chi connectivity index (χ0v) is 17.5. The smallest absolute Gasteiger partial charge is 0.261 e. The van der Waals surface area contributed by atoms with Crippen molar-refractivity contribution in [1.82, 2.24) is 9.80 Å². The molecule has 0 bridgehead atoms. The molecule has 0 atom stereocenters. The molecule has 0 spiro atoms. The summed E-state index contributed by atoms with van der Waals surface area (Å²) in [5.74, 6) is -0.787. The number of amides is 2. The number of hydrogen-bond donors (Lipinski definition) is 2. The highest BCUT2D eigenvalue weighted by Gasteiger charge is 2.51. The molecule has 2 aromatic carbocycles. The molecule has 0 aromatic heterocycles. The first-order valence-electron chi connectivity index (χ1n) is 8.71. The number of primary amides is 1. The van der Waals surface area contributed by atoms with Gasteiger partial charge < -0.3 is 10.6 Å². The van der Waals surface area contributed by atoms with Crippen LogP contribution in [-0.4, -0.2) is 62.8 Å². The Morgan fingerprint density at radius 3 is 2.21 bits per heavy atom. The lowest BCUT2D eigenvalue weighted by atomic mass is 9.87. The molecule has 29 heavy (non-hydrogen) atoms. The van der Waals surface area contributed by atoms with Crippen LogP contribution in [0.1, 0.15) is 10.4 Å². The molecule has 0 unspecified atom stereocenters. The van der Waals surface area contributed by atoms with E-state index in [1.807, 2.05) is 0 Å². The number of carbonyl (C=O) groups excluding carboxylic acids is 2. The minimum atomic E-state index is -3.86. The fourth-order valence-electron chi connectivity index (χ4n) is 3.09. The van der Waals surface area contributed by atoms with Gasteiger partial charge in [0.05, 0.1) is 28.7 Å². The van der Waals surface area contributed by atoms with Gasteiger partial charge in [-0.1, -0.05) is 23.7 Å². The van der Waals surface area contributed by atoms with Crippen molar-refractivity contribution in [2.24, 2.45) is 5.73 Å². The molecule has 2 amide bonds. The predicted octanol–water partition coefficient (Wildman–Crippen LogP) is 1.38. The van der Waals surface area contributed by atoms with Gasteiger partial charge in [-0.25, -0.2) is 8.42 Å². The number of nitrogens with one attached hydrogen (secondary N) is 1. The number of para-hydroxylation sites is 1. The zero-order valence-electron chi connectivity index (χ0n) is 15.9. The number of halogens is 1. The number of anilines is 1. The van der Waals surface area contributed by atoms with Crippen LogP contribution in [0.2, 0.25) is 5.02 Å². The number of benzene rings is 2. The fourth-order valence-corrected chi connectivity index (χ4v) is 4.41. The van der Waals surface area contributed by atoms with Crippen LogP contribution in [0.4, 0.5) is 5.69 Å². The number of likely N-dealkylation sites (tertiary alicyclic amines) is 1. The van der Waals surface area contributed by atoms with Crippen molar-refractivity contribution >= 4 is 39.1 Å². The lowest BCUT2D eigenvalue weighted by Crippen LogP contribution is -2.75. The van der Waals surface area contributed by atoms with E-state index in [9.17, 15) is 18.0 Å². The van der Waals surface area contributed by atoms with E-state index >= 15 is 0 Å². The second-order valence-corrected chi connectivity index (χ2v) is 9.15. The molecule has 1 heterocycles. The number of nitrogens with two attached hydrogens (primary N) is 1. The van der Waals surface area contributed by atoms with E-state index in [0.717, 1.165) is 0 Å². The SMILES string of the molecule is CN(C)C1(C(N)=O)CN(C(=O)c2ccc(S(=O)(=O)Nc3ccccc3Cl)cc2)C1. The van der Waals surface area contributed by atoms with Crippen LogP contribution in [0.15, 0.2) is 53.4 Å². The Morgan fingerprint density at radius 2 is 1.69 bits per heavy atom. The molecule has 1 saturated heterocycles. The summed E-state index contributed by atoms with van der Waals surface area (Å²) in [6.07, 6.45) is 0. The summed E-state index contributed by atoms with van der Waals surface area (Å²) in [7, 11) is -0.390. The van der Waals surface area contributed by atoms with Gasteiger partial charge in [0.25, 0.3) is 15.9 Å². The molecule has 1 aliphatic heterocycles. The number of hydrogen-bond acceptors (Lipinski definition) is 5. The van der Waals surface area contributed by atoms with Gasteiger partial charge in [-0.15, -0.1) is 0 Å². The third kappa shape index (κ3) is 3.93. The van der Waals surface area contributed by atoms with Crippen LogP contribution < -0.4 is 10.5 Å². The normalized spacial score (nSPS) is 15.7. The molecule has 0 aliphatic carbocycles. The summed E-state index contributed by atoms with van der Waals surface area (Å²) in [6.45, 7) is 0.366. The lowest BCUT2D eigenvalue weighted by Gasteiger charge is -2.51. The molecule has 2 aromatic rings. The van der Waals surface area contributed by atoms with E-state index in [4.69, 9.17) is 17.3 Å². The minimum absolute atomic E-state index is 0.00245. The van der Waals surface area contributed by atoms with Crippen molar-refractivity contribution in [3.8, 4) is 0 Å². The van der Waals surface area contributed by atoms with E-state index in [-0.39, 0.29) is 34.6 Å². The summed E-state index contributed by atoms with van der Waals surface area (Å²) in [5.41, 5.74) is 5.18. The van der Waals surface area contributed by atoms with Gasteiger partial charge in [-0.3, -0.25) is 19.2 Å². The molecule has 3 N–H and O–H groups in total. The van der Waals surface area contributed by atoms with Crippen LogP contribution in [0.25, 0.3) is 0 Å². The highest BCUT2D eigenvalue weighted by atomic mass is 35.5. The van der Waals surface area contributed by atoms with Crippen LogP contribution in [0.5, 0.6) is 0 Å². The van der Waals surface area contributed by atoms with E-state index in [1.54, 1.807) is 43.3 Å². The van der Waals surface area contributed by atoms with E-state index in [0.29, 0.717) is 5.56 Å². The Morgan fingerprint density at radius 1 is 1.10 bits per heavy atom. The van der Waals surface area contributed by atoms with Crippen molar-refractivity contribution in [2.45, 2.75) is 10.4 Å². The standard InChI is InChI=1S/C19H21ClN4O4S/c1-23(2)19(18(21)26)11-24(12-19)17(25)13-7-9-14(10-8-13)29(27,28)22-16-6-4-3-5-15(16)20/h3-10,22H,11-12H2,1-2H3,(H2,21,26). The first-order valence-corrected chi connectivity index (χ1v) is 10.6. The average molecular weight is 437 g/mol. The van der Waals surface area contributed by atoms with E-state index in [2.05, 4.69) is 4.72 Å². The summed E-state index contributed by atoms with van der Waals surface area (Å²) >= 11 is 6.00. The molecule has 154 valence electrons. The van der Waals surface area contributed by atoms with Crippen LogP contribution >= 0.6 is 11.6 Å². The topological polar surface area (TPSA) is 113 Å². The minimum Gasteiger partial charge on any atom is -0.368 e. The molecule has 10 heteroatoms. The molecule has 1 fully saturated rings. The third-order valence-corrected chi connectivity index (χ3v) is 6.75. The highest BCUT2D eigenvalue weighted by molar-refractivity contribution is 7.92. The maximum absolute atomic E-state index is 12.6. The lowest BCUT2D eigenvalue weighted by molar-refractivity contribution is -0.137. The average Bonchev–Trinajstić information content (AvgIpc) is 2.62. The predicted molar refractivity (Wildman–Crippen MR) is 110 cm³/mol. The quantitative estimate of drug-likeness (QED) is 0.710. The first kappa shape index (κ1) is 21.1. The van der Waals surface area contributed by atoms with Crippen LogP contribution in [0.3, 0.4) is 0 Å².